The van der Waals surface area contributed by atoms with Crippen molar-refractivity contribution in [3.8, 4) is 0 Å². The summed E-state index contributed by atoms with van der Waals surface area (Å²) in [6.45, 7) is 5.36. The maximum Gasteiger partial charge on any atom is 0.134 e. The van der Waals surface area contributed by atoms with E-state index in [0.29, 0.717) is 6.04 Å². The van der Waals surface area contributed by atoms with E-state index in [0.717, 1.165) is 30.7 Å². The zero-order valence-corrected chi connectivity index (χ0v) is 11.5. The molecular formula is C13H21N3S. The van der Waals surface area contributed by atoms with Crippen LogP contribution in [0.25, 0.3) is 0 Å². The first kappa shape index (κ1) is 11.6. The van der Waals surface area contributed by atoms with Crippen molar-refractivity contribution in [2.45, 2.75) is 51.5 Å². The van der Waals surface area contributed by atoms with Gasteiger partial charge in [0.15, 0.2) is 0 Å². The van der Waals surface area contributed by atoms with Gasteiger partial charge < -0.3 is 5.32 Å². The van der Waals surface area contributed by atoms with Gasteiger partial charge in [0.05, 0.1) is 6.04 Å². The zero-order chi connectivity index (χ0) is 11.8. The number of nitrogens with zero attached hydrogens (tertiary/aromatic N) is 2. The Kier molecular flexibility index (Phi) is 3.17. The second-order valence-electron chi connectivity index (χ2n) is 5.28. The number of aromatic nitrogens is 2. The van der Waals surface area contributed by atoms with E-state index in [1.165, 1.54) is 29.3 Å². The van der Waals surface area contributed by atoms with Gasteiger partial charge in [0.1, 0.15) is 10.0 Å². The van der Waals surface area contributed by atoms with Crippen LogP contribution in [-0.2, 0) is 0 Å². The van der Waals surface area contributed by atoms with Gasteiger partial charge in [0.25, 0.3) is 0 Å². The van der Waals surface area contributed by atoms with Crippen molar-refractivity contribution in [2.24, 2.45) is 11.8 Å². The fraction of sp³-hybridized carbons (Fsp3) is 0.846. The molecule has 0 spiro atoms. The minimum atomic E-state index is 0.407. The van der Waals surface area contributed by atoms with Crippen LogP contribution in [0, 0.1) is 11.8 Å². The highest BCUT2D eigenvalue weighted by atomic mass is 32.1. The van der Waals surface area contributed by atoms with Crippen LogP contribution in [-0.4, -0.2) is 16.7 Å². The fourth-order valence-corrected chi connectivity index (χ4v) is 4.62. The van der Waals surface area contributed by atoms with E-state index < -0.39 is 0 Å². The van der Waals surface area contributed by atoms with E-state index in [9.17, 15) is 0 Å². The Morgan fingerprint density at radius 2 is 2.06 bits per heavy atom. The van der Waals surface area contributed by atoms with Crippen molar-refractivity contribution >= 4 is 11.3 Å². The van der Waals surface area contributed by atoms with Crippen molar-refractivity contribution < 1.29 is 0 Å². The molecule has 3 atom stereocenters. The smallest absolute Gasteiger partial charge is 0.134 e. The van der Waals surface area contributed by atoms with Crippen LogP contribution < -0.4 is 5.32 Å². The second-order valence-corrected chi connectivity index (χ2v) is 6.32. The second kappa shape index (κ2) is 4.65. The van der Waals surface area contributed by atoms with E-state index in [1.54, 1.807) is 0 Å². The first-order chi connectivity index (χ1) is 8.35. The molecule has 0 aromatic carbocycles. The van der Waals surface area contributed by atoms with Crippen LogP contribution >= 0.6 is 11.3 Å². The quantitative estimate of drug-likeness (QED) is 0.873. The molecule has 2 saturated carbocycles. The molecule has 1 N–H and O–H groups in total. The summed E-state index contributed by atoms with van der Waals surface area (Å²) in [4.78, 5) is 0. The molecule has 0 aliphatic heterocycles. The normalized spacial score (nSPS) is 32.5. The van der Waals surface area contributed by atoms with Crippen molar-refractivity contribution in [1.82, 2.24) is 15.5 Å². The molecule has 0 amide bonds. The van der Waals surface area contributed by atoms with Crippen LogP contribution in [0.1, 0.15) is 61.5 Å². The van der Waals surface area contributed by atoms with E-state index >= 15 is 0 Å². The van der Waals surface area contributed by atoms with Crippen molar-refractivity contribution in [3.05, 3.63) is 10.0 Å². The fourth-order valence-electron chi connectivity index (χ4n) is 3.36. The van der Waals surface area contributed by atoms with Crippen LogP contribution in [0.3, 0.4) is 0 Å². The zero-order valence-electron chi connectivity index (χ0n) is 10.6. The molecule has 3 nitrogen and oxygen atoms in total. The number of nitrogens with one attached hydrogen (secondary N) is 1. The maximum atomic E-state index is 4.44. The Morgan fingerprint density at radius 1 is 1.29 bits per heavy atom. The predicted octanol–water partition coefficient (Wildman–Crippen LogP) is 3.11. The summed E-state index contributed by atoms with van der Waals surface area (Å²) in [6, 6.07) is 0.407. The molecule has 2 fully saturated rings. The van der Waals surface area contributed by atoms with Crippen LogP contribution in [0.2, 0.25) is 0 Å². The number of hydrogen-bond acceptors (Lipinski definition) is 4. The molecule has 4 heteroatoms. The lowest BCUT2D eigenvalue weighted by atomic mass is 10.1. The minimum Gasteiger partial charge on any atom is -0.308 e. The summed E-state index contributed by atoms with van der Waals surface area (Å²) in [7, 11) is 0. The van der Waals surface area contributed by atoms with Gasteiger partial charge in [-0.2, -0.15) is 0 Å². The van der Waals surface area contributed by atoms with E-state index in [1.807, 2.05) is 11.3 Å². The summed E-state index contributed by atoms with van der Waals surface area (Å²) in [5.41, 5.74) is 0. The van der Waals surface area contributed by atoms with E-state index in [-0.39, 0.29) is 0 Å². The van der Waals surface area contributed by atoms with E-state index in [4.69, 9.17) is 0 Å². The molecule has 94 valence electrons. The van der Waals surface area contributed by atoms with Gasteiger partial charge in [-0.3, -0.25) is 0 Å². The molecule has 1 aromatic rings. The lowest BCUT2D eigenvalue weighted by Crippen LogP contribution is -2.19. The first-order valence-electron chi connectivity index (χ1n) is 6.91. The molecule has 1 aromatic heterocycles. The third-order valence-corrected chi connectivity index (χ3v) is 5.44. The summed E-state index contributed by atoms with van der Waals surface area (Å²) in [5, 5.41) is 14.8. The van der Waals surface area contributed by atoms with Crippen LogP contribution in [0.15, 0.2) is 0 Å². The molecule has 0 radical (unpaired) electrons. The largest absolute Gasteiger partial charge is 0.308 e. The molecule has 1 heterocycles. The predicted molar refractivity (Wildman–Crippen MR) is 70.2 cm³/mol. The molecular weight excluding hydrogens is 230 g/mol. The Balaban J connectivity index is 1.70. The van der Waals surface area contributed by atoms with Gasteiger partial charge >= 0.3 is 0 Å². The topological polar surface area (TPSA) is 37.8 Å². The molecule has 3 rings (SSSR count). The molecule has 2 aliphatic carbocycles. The summed E-state index contributed by atoms with van der Waals surface area (Å²) < 4.78 is 0. The van der Waals surface area contributed by atoms with Crippen molar-refractivity contribution in [2.75, 3.05) is 6.54 Å². The summed E-state index contributed by atoms with van der Waals surface area (Å²) >= 11 is 1.85. The lowest BCUT2D eigenvalue weighted by Gasteiger charge is -2.11. The third kappa shape index (κ3) is 2.02. The molecule has 3 unspecified atom stereocenters. The Labute approximate surface area is 107 Å². The minimum absolute atomic E-state index is 0.407. The van der Waals surface area contributed by atoms with Gasteiger partial charge in [-0.05, 0) is 37.6 Å². The number of hydrogen-bond donors (Lipinski definition) is 1. The lowest BCUT2D eigenvalue weighted by molar-refractivity contribution is 0.530. The van der Waals surface area contributed by atoms with Gasteiger partial charge in [0, 0.05) is 5.92 Å². The van der Waals surface area contributed by atoms with Gasteiger partial charge in [-0.15, -0.1) is 10.2 Å². The average molecular weight is 251 g/mol. The van der Waals surface area contributed by atoms with Gasteiger partial charge in [-0.25, -0.2) is 0 Å². The highest BCUT2D eigenvalue weighted by Crippen LogP contribution is 2.63. The maximum absolute atomic E-state index is 4.44. The molecule has 0 saturated heterocycles. The first-order valence-corrected chi connectivity index (χ1v) is 7.73. The standard InChI is InChI=1S/C13H21N3S/c1-3-10(14-4-2)12-15-16-13(17-12)11-8-6-5-7-9(8)11/h8-11,14H,3-7H2,1-2H3. The Hall–Kier alpha value is -0.480. The van der Waals surface area contributed by atoms with Crippen LogP contribution in [0.4, 0.5) is 0 Å². The summed E-state index contributed by atoms with van der Waals surface area (Å²) in [6.07, 6.45) is 5.38. The monoisotopic (exact) mass is 251 g/mol. The van der Waals surface area contributed by atoms with Crippen LogP contribution in [0.5, 0.6) is 0 Å². The van der Waals surface area contributed by atoms with Crippen molar-refractivity contribution in [3.63, 3.8) is 0 Å². The highest BCUT2D eigenvalue weighted by molar-refractivity contribution is 7.11. The van der Waals surface area contributed by atoms with E-state index in [2.05, 4.69) is 29.4 Å². The number of fused-ring (bicyclic) bond motifs is 1. The Morgan fingerprint density at radius 3 is 2.71 bits per heavy atom. The highest BCUT2D eigenvalue weighted by Gasteiger charge is 2.54. The molecule has 2 aliphatic rings. The van der Waals surface area contributed by atoms with Gasteiger partial charge in [0.2, 0.25) is 0 Å². The van der Waals surface area contributed by atoms with Gasteiger partial charge in [-0.1, -0.05) is 31.6 Å². The summed E-state index contributed by atoms with van der Waals surface area (Å²) in [5.74, 6) is 2.68. The SMILES string of the molecule is CCNC(CC)c1nnc(C2C3CCCC32)s1. The third-order valence-electron chi connectivity index (χ3n) is 4.30. The number of rotatable bonds is 5. The Bertz CT molecular complexity index is 363. The average Bonchev–Trinajstić information content (AvgIpc) is 2.79. The molecule has 0 bridgehead atoms. The van der Waals surface area contributed by atoms with Crippen molar-refractivity contribution in [1.29, 1.82) is 0 Å². The molecule has 17 heavy (non-hydrogen) atoms.